The van der Waals surface area contributed by atoms with Gasteiger partial charge in [0, 0.05) is 18.4 Å². The predicted octanol–water partition coefficient (Wildman–Crippen LogP) is 2.16. The smallest absolute Gasteiger partial charge is 0.138 e. The van der Waals surface area contributed by atoms with Crippen molar-refractivity contribution in [1.29, 1.82) is 0 Å². The van der Waals surface area contributed by atoms with Gasteiger partial charge in [0.2, 0.25) is 0 Å². The minimum Gasteiger partial charge on any atom is -0.315 e. The lowest BCUT2D eigenvalue weighted by Crippen LogP contribution is -2.24. The summed E-state index contributed by atoms with van der Waals surface area (Å²) in [6.07, 6.45) is 2.34. The predicted molar refractivity (Wildman–Crippen MR) is 56.2 cm³/mol. The lowest BCUT2D eigenvalue weighted by Gasteiger charge is -2.24. The SMILES string of the molecule is CC1CCn2c(nnc2C(C)(C)C)C1. The highest BCUT2D eigenvalue weighted by Crippen LogP contribution is 2.26. The molecule has 0 saturated carbocycles. The Morgan fingerprint density at radius 2 is 2.00 bits per heavy atom. The van der Waals surface area contributed by atoms with Crippen LogP contribution < -0.4 is 0 Å². The molecule has 78 valence electrons. The zero-order valence-corrected chi connectivity index (χ0v) is 9.54. The molecular formula is C11H19N3. The minimum absolute atomic E-state index is 0.117. The average molecular weight is 193 g/mol. The molecule has 0 N–H and O–H groups in total. The van der Waals surface area contributed by atoms with Crippen molar-refractivity contribution in [2.24, 2.45) is 5.92 Å². The molecule has 0 aromatic carbocycles. The third-order valence-corrected chi connectivity index (χ3v) is 2.87. The topological polar surface area (TPSA) is 30.7 Å². The van der Waals surface area contributed by atoms with Crippen LogP contribution >= 0.6 is 0 Å². The van der Waals surface area contributed by atoms with Crippen molar-refractivity contribution in [3.63, 3.8) is 0 Å². The minimum atomic E-state index is 0.117. The molecule has 14 heavy (non-hydrogen) atoms. The van der Waals surface area contributed by atoms with Gasteiger partial charge in [-0.15, -0.1) is 10.2 Å². The fourth-order valence-electron chi connectivity index (χ4n) is 2.04. The summed E-state index contributed by atoms with van der Waals surface area (Å²) in [4.78, 5) is 0. The van der Waals surface area contributed by atoms with E-state index in [4.69, 9.17) is 0 Å². The lowest BCUT2D eigenvalue weighted by atomic mass is 9.94. The van der Waals surface area contributed by atoms with Crippen molar-refractivity contribution in [3.05, 3.63) is 11.6 Å². The van der Waals surface area contributed by atoms with Gasteiger partial charge in [-0.2, -0.15) is 0 Å². The molecular weight excluding hydrogens is 174 g/mol. The van der Waals surface area contributed by atoms with E-state index in [1.807, 2.05) is 0 Å². The summed E-state index contributed by atoms with van der Waals surface area (Å²) >= 11 is 0. The Hall–Kier alpha value is -0.860. The van der Waals surface area contributed by atoms with Crippen LogP contribution in [0.4, 0.5) is 0 Å². The number of hydrogen-bond donors (Lipinski definition) is 0. The molecule has 0 fully saturated rings. The largest absolute Gasteiger partial charge is 0.315 e. The lowest BCUT2D eigenvalue weighted by molar-refractivity contribution is 0.385. The molecule has 1 atom stereocenters. The van der Waals surface area contributed by atoms with Crippen molar-refractivity contribution >= 4 is 0 Å². The van der Waals surface area contributed by atoms with Crippen molar-refractivity contribution < 1.29 is 0 Å². The van der Waals surface area contributed by atoms with Crippen molar-refractivity contribution in [3.8, 4) is 0 Å². The second-order valence-electron chi connectivity index (χ2n) is 5.44. The first kappa shape index (κ1) is 9.69. The van der Waals surface area contributed by atoms with Crippen LogP contribution in [0.15, 0.2) is 0 Å². The van der Waals surface area contributed by atoms with Crippen LogP contribution in [0.3, 0.4) is 0 Å². The molecule has 0 saturated heterocycles. The average Bonchev–Trinajstić information content (AvgIpc) is 2.45. The maximum atomic E-state index is 4.32. The molecule has 1 aromatic rings. The zero-order valence-electron chi connectivity index (χ0n) is 9.54. The standard InChI is InChI=1S/C11H19N3/c1-8-5-6-14-9(7-8)12-13-10(14)11(2,3)4/h8H,5-7H2,1-4H3. The summed E-state index contributed by atoms with van der Waals surface area (Å²) < 4.78 is 2.31. The summed E-state index contributed by atoms with van der Waals surface area (Å²) in [5.74, 6) is 3.08. The normalized spacial score (nSPS) is 22.1. The van der Waals surface area contributed by atoms with Crippen LogP contribution in [0.2, 0.25) is 0 Å². The Labute approximate surface area is 85.5 Å². The number of nitrogens with zero attached hydrogens (tertiary/aromatic N) is 3. The zero-order chi connectivity index (χ0) is 10.3. The number of aromatic nitrogens is 3. The highest BCUT2D eigenvalue weighted by Gasteiger charge is 2.26. The van der Waals surface area contributed by atoms with Gasteiger partial charge in [-0.3, -0.25) is 0 Å². The second-order valence-corrected chi connectivity index (χ2v) is 5.44. The number of hydrogen-bond acceptors (Lipinski definition) is 2. The molecule has 2 rings (SSSR count). The van der Waals surface area contributed by atoms with Gasteiger partial charge in [0.25, 0.3) is 0 Å². The van der Waals surface area contributed by atoms with Gasteiger partial charge < -0.3 is 4.57 Å². The van der Waals surface area contributed by atoms with E-state index in [0.717, 1.165) is 24.7 Å². The number of fused-ring (bicyclic) bond motifs is 1. The molecule has 2 heterocycles. The molecule has 1 aliphatic rings. The molecule has 0 bridgehead atoms. The summed E-state index contributed by atoms with van der Waals surface area (Å²) in [6, 6.07) is 0. The van der Waals surface area contributed by atoms with Gasteiger partial charge in [0.15, 0.2) is 0 Å². The van der Waals surface area contributed by atoms with E-state index in [2.05, 4.69) is 42.5 Å². The fraction of sp³-hybridized carbons (Fsp3) is 0.818. The Morgan fingerprint density at radius 1 is 1.29 bits per heavy atom. The van der Waals surface area contributed by atoms with E-state index in [-0.39, 0.29) is 5.41 Å². The van der Waals surface area contributed by atoms with E-state index >= 15 is 0 Å². The summed E-state index contributed by atoms with van der Waals surface area (Å²) in [6.45, 7) is 9.97. The van der Waals surface area contributed by atoms with E-state index in [1.165, 1.54) is 12.2 Å². The highest BCUT2D eigenvalue weighted by molar-refractivity contribution is 5.08. The van der Waals surface area contributed by atoms with Crippen LogP contribution in [0.25, 0.3) is 0 Å². The Kier molecular flexibility index (Phi) is 2.13. The quantitative estimate of drug-likeness (QED) is 0.632. The summed E-state index contributed by atoms with van der Waals surface area (Å²) in [5, 5.41) is 8.60. The molecule has 0 radical (unpaired) electrons. The molecule has 1 aliphatic heterocycles. The second kappa shape index (κ2) is 3.07. The van der Waals surface area contributed by atoms with Gasteiger partial charge >= 0.3 is 0 Å². The van der Waals surface area contributed by atoms with E-state index in [9.17, 15) is 0 Å². The summed E-state index contributed by atoms with van der Waals surface area (Å²) in [5.41, 5.74) is 0.117. The van der Waals surface area contributed by atoms with Crippen LogP contribution in [0.5, 0.6) is 0 Å². The van der Waals surface area contributed by atoms with Gasteiger partial charge in [-0.25, -0.2) is 0 Å². The van der Waals surface area contributed by atoms with Crippen LogP contribution in [-0.4, -0.2) is 14.8 Å². The van der Waals surface area contributed by atoms with Crippen LogP contribution in [0, 0.1) is 5.92 Å². The van der Waals surface area contributed by atoms with Gasteiger partial charge in [-0.05, 0) is 12.3 Å². The Balaban J connectivity index is 2.38. The van der Waals surface area contributed by atoms with Crippen molar-refractivity contribution in [2.75, 3.05) is 0 Å². The third kappa shape index (κ3) is 1.56. The van der Waals surface area contributed by atoms with Crippen LogP contribution in [0.1, 0.15) is 45.8 Å². The van der Waals surface area contributed by atoms with Crippen LogP contribution in [-0.2, 0) is 18.4 Å². The monoisotopic (exact) mass is 193 g/mol. The highest BCUT2D eigenvalue weighted by atomic mass is 15.3. The molecule has 0 aliphatic carbocycles. The molecule has 0 amide bonds. The van der Waals surface area contributed by atoms with Crippen molar-refractivity contribution in [2.45, 2.75) is 52.5 Å². The Morgan fingerprint density at radius 3 is 2.64 bits per heavy atom. The maximum absolute atomic E-state index is 4.32. The first-order valence-corrected chi connectivity index (χ1v) is 5.41. The van der Waals surface area contributed by atoms with Gasteiger partial charge in [0.05, 0.1) is 0 Å². The molecule has 1 aromatic heterocycles. The van der Waals surface area contributed by atoms with E-state index < -0.39 is 0 Å². The van der Waals surface area contributed by atoms with Crippen molar-refractivity contribution in [1.82, 2.24) is 14.8 Å². The van der Waals surface area contributed by atoms with E-state index in [1.54, 1.807) is 0 Å². The van der Waals surface area contributed by atoms with Gasteiger partial charge in [-0.1, -0.05) is 27.7 Å². The molecule has 3 nitrogen and oxygen atoms in total. The maximum Gasteiger partial charge on any atom is 0.138 e. The fourth-order valence-corrected chi connectivity index (χ4v) is 2.04. The molecule has 0 spiro atoms. The third-order valence-electron chi connectivity index (χ3n) is 2.87. The van der Waals surface area contributed by atoms with E-state index in [0.29, 0.717) is 0 Å². The Bertz CT molecular complexity index is 333. The number of rotatable bonds is 0. The molecule has 1 unspecified atom stereocenters. The summed E-state index contributed by atoms with van der Waals surface area (Å²) in [7, 11) is 0. The van der Waals surface area contributed by atoms with Gasteiger partial charge in [0.1, 0.15) is 11.6 Å². The molecule has 3 heteroatoms. The first-order valence-electron chi connectivity index (χ1n) is 5.41. The first-order chi connectivity index (χ1) is 6.48.